The van der Waals surface area contributed by atoms with Crippen molar-refractivity contribution in [1.29, 1.82) is 0 Å². The number of nitrogens with one attached hydrogen (secondary N) is 1. The van der Waals surface area contributed by atoms with E-state index in [4.69, 9.17) is 0 Å². The number of amides is 2. The molecule has 1 fully saturated rings. The van der Waals surface area contributed by atoms with E-state index in [1.807, 2.05) is 20.8 Å². The SMILES string of the molecule is CC(=O)N1CCN(S(=O)(=O)NCc2cccc3c2S(=O)(=O)N=C3C2=C(O)[C@H](C(C)(C)C)N(Cc3ccc(F)cc3)C2=O)CC1. The molecule has 1 saturated heterocycles. The van der Waals surface area contributed by atoms with Crippen LogP contribution in [0.3, 0.4) is 0 Å². The van der Waals surface area contributed by atoms with E-state index in [0.29, 0.717) is 5.56 Å². The van der Waals surface area contributed by atoms with Gasteiger partial charge in [0.15, 0.2) is 0 Å². The maximum Gasteiger partial charge on any atom is 0.283 e. The lowest BCUT2D eigenvalue weighted by molar-refractivity contribution is -0.130. The van der Waals surface area contributed by atoms with Crippen molar-refractivity contribution in [2.75, 3.05) is 26.2 Å². The molecule has 0 aromatic heterocycles. The number of sulfonamides is 1. The number of hydrogen-bond donors (Lipinski definition) is 2. The summed E-state index contributed by atoms with van der Waals surface area (Å²) in [6, 6.07) is 9.20. The summed E-state index contributed by atoms with van der Waals surface area (Å²) < 4.78 is 73.9. The number of benzene rings is 2. The van der Waals surface area contributed by atoms with Crippen LogP contribution in [0.5, 0.6) is 0 Å². The molecule has 12 nitrogen and oxygen atoms in total. The summed E-state index contributed by atoms with van der Waals surface area (Å²) in [7, 11) is -8.39. The van der Waals surface area contributed by atoms with E-state index < -0.39 is 43.4 Å². The first-order valence-electron chi connectivity index (χ1n) is 14.0. The second-order valence-corrected chi connectivity index (χ2v) is 15.3. The van der Waals surface area contributed by atoms with Crippen LogP contribution in [-0.2, 0) is 42.9 Å². The van der Waals surface area contributed by atoms with Gasteiger partial charge in [-0.15, -0.1) is 0 Å². The van der Waals surface area contributed by atoms with E-state index in [9.17, 15) is 35.9 Å². The molecule has 2 amide bonds. The Bertz CT molecular complexity index is 1790. The molecule has 2 aromatic rings. The van der Waals surface area contributed by atoms with Crippen molar-refractivity contribution in [3.05, 3.63) is 76.3 Å². The molecule has 3 heterocycles. The maximum atomic E-state index is 13.9. The highest BCUT2D eigenvalue weighted by atomic mass is 32.2. The van der Waals surface area contributed by atoms with Crippen molar-refractivity contribution in [2.24, 2.45) is 9.81 Å². The Balaban J connectivity index is 1.45. The summed E-state index contributed by atoms with van der Waals surface area (Å²) in [6.45, 7) is 7.21. The molecule has 3 aliphatic heterocycles. The number of fused-ring (bicyclic) bond motifs is 1. The average molecular weight is 648 g/mol. The Kier molecular flexibility index (Phi) is 8.20. The largest absolute Gasteiger partial charge is 0.509 e. The van der Waals surface area contributed by atoms with Crippen LogP contribution in [-0.4, -0.2) is 85.8 Å². The highest BCUT2D eigenvalue weighted by Crippen LogP contribution is 2.41. The van der Waals surface area contributed by atoms with Crippen LogP contribution >= 0.6 is 0 Å². The van der Waals surface area contributed by atoms with E-state index >= 15 is 0 Å². The lowest BCUT2D eigenvalue weighted by atomic mass is 9.84. The molecule has 5 rings (SSSR count). The lowest BCUT2D eigenvalue weighted by Crippen LogP contribution is -2.52. The predicted molar refractivity (Wildman–Crippen MR) is 160 cm³/mol. The number of halogens is 1. The summed E-state index contributed by atoms with van der Waals surface area (Å²) >= 11 is 0. The van der Waals surface area contributed by atoms with Gasteiger partial charge < -0.3 is 14.9 Å². The van der Waals surface area contributed by atoms with Gasteiger partial charge in [0, 0.05) is 51.8 Å². The van der Waals surface area contributed by atoms with Crippen LogP contribution in [0.25, 0.3) is 0 Å². The fraction of sp³-hybridized carbons (Fsp3) is 0.414. The molecule has 3 aliphatic rings. The lowest BCUT2D eigenvalue weighted by Gasteiger charge is -2.35. The minimum absolute atomic E-state index is 0.0317. The van der Waals surface area contributed by atoms with Crippen LogP contribution in [0, 0.1) is 11.2 Å². The first kappa shape index (κ1) is 31.8. The average Bonchev–Trinajstić information content (AvgIpc) is 3.36. The van der Waals surface area contributed by atoms with Crippen LogP contribution in [0.2, 0.25) is 0 Å². The molecule has 0 unspecified atom stereocenters. The molecule has 0 spiro atoms. The Morgan fingerprint density at radius 3 is 2.32 bits per heavy atom. The normalized spacial score (nSPS) is 20.7. The van der Waals surface area contributed by atoms with Crippen molar-refractivity contribution in [3.8, 4) is 0 Å². The van der Waals surface area contributed by atoms with Gasteiger partial charge in [-0.1, -0.05) is 51.1 Å². The standard InChI is InChI=1S/C29H34FN5O7S2/c1-18(36)33-12-14-34(15-13-33)44(41,42)31-16-20-6-5-7-22-24(32-43(39,40)26(20)22)23-25(37)27(29(2,3)4)35(28(23)38)17-19-8-10-21(30)11-9-19/h5-11,27,31,37H,12-17H2,1-4H3/t27-/m1/s1. The number of nitrogens with zero attached hydrogens (tertiary/aromatic N) is 4. The Morgan fingerprint density at radius 1 is 1.09 bits per heavy atom. The monoisotopic (exact) mass is 647 g/mol. The summed E-state index contributed by atoms with van der Waals surface area (Å²) in [5.74, 6) is -1.55. The van der Waals surface area contributed by atoms with Crippen LogP contribution in [0.4, 0.5) is 4.39 Å². The van der Waals surface area contributed by atoms with Gasteiger partial charge in [0.25, 0.3) is 26.1 Å². The molecule has 0 saturated carbocycles. The van der Waals surface area contributed by atoms with Gasteiger partial charge in [0.2, 0.25) is 5.91 Å². The molecule has 44 heavy (non-hydrogen) atoms. The summed E-state index contributed by atoms with van der Waals surface area (Å²) in [4.78, 5) is 28.2. The van der Waals surface area contributed by atoms with Gasteiger partial charge >= 0.3 is 0 Å². The summed E-state index contributed by atoms with van der Waals surface area (Å²) in [5.41, 5.74) is -0.338. The third-order valence-corrected chi connectivity index (χ3v) is 10.9. The molecule has 2 N–H and O–H groups in total. The first-order chi connectivity index (χ1) is 20.5. The van der Waals surface area contributed by atoms with Gasteiger partial charge in [-0.3, -0.25) is 9.59 Å². The molecule has 0 aliphatic carbocycles. The van der Waals surface area contributed by atoms with Crippen LogP contribution in [0.15, 0.2) is 63.1 Å². The van der Waals surface area contributed by atoms with E-state index in [1.165, 1.54) is 58.6 Å². The topological polar surface area (TPSA) is 157 Å². The number of piperazine rings is 1. The molecule has 236 valence electrons. The van der Waals surface area contributed by atoms with E-state index in [1.54, 1.807) is 4.90 Å². The quantitative estimate of drug-likeness (QED) is 0.466. The third kappa shape index (κ3) is 5.88. The highest BCUT2D eigenvalue weighted by molar-refractivity contribution is 7.91. The van der Waals surface area contributed by atoms with Crippen molar-refractivity contribution < 1.29 is 35.9 Å². The third-order valence-electron chi connectivity index (χ3n) is 7.91. The van der Waals surface area contributed by atoms with Crippen LogP contribution in [0.1, 0.15) is 44.4 Å². The van der Waals surface area contributed by atoms with Crippen molar-refractivity contribution in [2.45, 2.75) is 51.7 Å². The molecule has 2 aromatic carbocycles. The molecule has 1 atom stereocenters. The Morgan fingerprint density at radius 2 is 1.73 bits per heavy atom. The van der Waals surface area contributed by atoms with Crippen molar-refractivity contribution >= 4 is 37.8 Å². The summed E-state index contributed by atoms with van der Waals surface area (Å²) in [6.07, 6.45) is 0. The highest BCUT2D eigenvalue weighted by Gasteiger charge is 2.49. The van der Waals surface area contributed by atoms with Gasteiger partial charge in [0.1, 0.15) is 27.8 Å². The number of hydrogen-bond acceptors (Lipinski definition) is 7. The van der Waals surface area contributed by atoms with Gasteiger partial charge in [-0.2, -0.15) is 30.3 Å². The zero-order valence-electron chi connectivity index (χ0n) is 24.7. The second-order valence-electron chi connectivity index (χ2n) is 12.0. The maximum absolute atomic E-state index is 13.9. The molecule has 0 radical (unpaired) electrons. The van der Waals surface area contributed by atoms with Gasteiger partial charge in [-0.25, -0.2) is 4.39 Å². The second kappa shape index (κ2) is 11.4. The number of aliphatic hydroxyl groups is 1. The molecular weight excluding hydrogens is 613 g/mol. The zero-order valence-corrected chi connectivity index (χ0v) is 26.4. The zero-order chi connectivity index (χ0) is 32.2. The fourth-order valence-electron chi connectivity index (χ4n) is 5.82. The number of rotatable bonds is 7. The number of aliphatic hydroxyl groups excluding tert-OH is 1. The van der Waals surface area contributed by atoms with E-state index in [0.717, 1.165) is 0 Å². The fourth-order valence-corrected chi connectivity index (χ4v) is 8.42. The summed E-state index contributed by atoms with van der Waals surface area (Å²) in [5, 5.41) is 11.4. The predicted octanol–water partition coefficient (Wildman–Crippen LogP) is 2.08. The van der Waals surface area contributed by atoms with E-state index in [-0.39, 0.29) is 78.2 Å². The molecule has 0 bridgehead atoms. The van der Waals surface area contributed by atoms with E-state index in [2.05, 4.69) is 9.12 Å². The van der Waals surface area contributed by atoms with Gasteiger partial charge in [-0.05, 0) is 28.7 Å². The molecular formula is C29H34FN5O7S2. The van der Waals surface area contributed by atoms with Crippen molar-refractivity contribution in [3.63, 3.8) is 0 Å². The first-order valence-corrected chi connectivity index (χ1v) is 16.9. The minimum atomic E-state index is -4.38. The van der Waals surface area contributed by atoms with Crippen LogP contribution < -0.4 is 4.72 Å². The minimum Gasteiger partial charge on any atom is -0.509 e. The molecule has 15 heteroatoms. The smallest absolute Gasteiger partial charge is 0.283 e. The number of carbonyl (C=O) groups excluding carboxylic acids is 2. The Labute approximate surface area is 256 Å². The number of carbonyl (C=O) groups is 2. The van der Waals surface area contributed by atoms with Gasteiger partial charge in [0.05, 0.1) is 6.04 Å². The van der Waals surface area contributed by atoms with Crippen molar-refractivity contribution in [1.82, 2.24) is 18.8 Å². The Hall–Kier alpha value is -3.66.